The zero-order valence-corrected chi connectivity index (χ0v) is 6.97. The number of carbonyl (C=O) groups is 1. The summed E-state index contributed by atoms with van der Waals surface area (Å²) in [6.07, 6.45) is 1.52. The van der Waals surface area contributed by atoms with E-state index in [1.165, 1.54) is 6.08 Å². The van der Waals surface area contributed by atoms with Crippen LogP contribution in [0.1, 0.15) is 20.8 Å². The quantitative estimate of drug-likeness (QED) is 0.443. The molecule has 10 heavy (non-hydrogen) atoms. The van der Waals surface area contributed by atoms with Gasteiger partial charge in [-0.1, -0.05) is 13.8 Å². The third-order valence-corrected chi connectivity index (χ3v) is 1.24. The third kappa shape index (κ3) is 3.28. The second kappa shape index (κ2) is 4.09. The minimum Gasteiger partial charge on any atom is -0.501 e. The van der Waals surface area contributed by atoms with Gasteiger partial charge in [-0.3, -0.25) is 4.79 Å². The molecule has 0 N–H and O–H groups in total. The number of allylic oxidation sites excluding steroid dienone is 2. The smallest absolute Gasteiger partial charge is 0.161 e. The molecule has 0 atom stereocenters. The van der Waals surface area contributed by atoms with E-state index in [0.717, 1.165) is 0 Å². The molecule has 0 unspecified atom stereocenters. The summed E-state index contributed by atoms with van der Waals surface area (Å²) in [6.45, 7) is 5.49. The van der Waals surface area contributed by atoms with Crippen LogP contribution in [0.25, 0.3) is 0 Å². The van der Waals surface area contributed by atoms with E-state index in [1.807, 2.05) is 13.8 Å². The molecule has 2 nitrogen and oxygen atoms in total. The Labute approximate surface area is 61.9 Å². The van der Waals surface area contributed by atoms with Gasteiger partial charge in [0, 0.05) is 12.0 Å². The van der Waals surface area contributed by atoms with Gasteiger partial charge in [0.25, 0.3) is 0 Å². The van der Waals surface area contributed by atoms with Gasteiger partial charge in [0.05, 0.1) is 12.9 Å². The van der Waals surface area contributed by atoms with Gasteiger partial charge in [-0.05, 0) is 6.92 Å². The molecule has 0 bridgehead atoms. The lowest BCUT2D eigenvalue weighted by molar-refractivity contribution is -0.117. The summed E-state index contributed by atoms with van der Waals surface area (Å²) < 4.78 is 4.81. The highest BCUT2D eigenvalue weighted by Gasteiger charge is 2.02. The molecular formula is C8H14O2. The van der Waals surface area contributed by atoms with Crippen LogP contribution in [-0.2, 0) is 9.53 Å². The molecule has 0 aliphatic heterocycles. The number of hydrogen-bond acceptors (Lipinski definition) is 2. The van der Waals surface area contributed by atoms with Crippen LogP contribution in [0.2, 0.25) is 0 Å². The Morgan fingerprint density at radius 2 is 2.00 bits per heavy atom. The maximum atomic E-state index is 11.0. The average molecular weight is 142 g/mol. The molecule has 0 saturated heterocycles. The van der Waals surface area contributed by atoms with Crippen LogP contribution in [0, 0.1) is 5.92 Å². The highest BCUT2D eigenvalue weighted by Crippen LogP contribution is 1.99. The maximum absolute atomic E-state index is 11.0. The topological polar surface area (TPSA) is 26.3 Å². The standard InChI is InChI=1S/C8H14O2/c1-6(2)8(9)5-7(3)10-4/h5-6H,1-4H3/b7-5-. The molecule has 58 valence electrons. The number of hydrogen-bond donors (Lipinski definition) is 0. The first kappa shape index (κ1) is 9.21. The van der Waals surface area contributed by atoms with Crippen LogP contribution in [0.3, 0.4) is 0 Å². The van der Waals surface area contributed by atoms with Crippen molar-refractivity contribution in [2.75, 3.05) is 7.11 Å². The van der Waals surface area contributed by atoms with E-state index in [-0.39, 0.29) is 11.7 Å². The van der Waals surface area contributed by atoms with Crippen molar-refractivity contribution < 1.29 is 9.53 Å². The molecule has 0 heterocycles. The Bertz CT molecular complexity index is 145. The van der Waals surface area contributed by atoms with E-state index in [2.05, 4.69) is 0 Å². The predicted molar refractivity (Wildman–Crippen MR) is 40.6 cm³/mol. The van der Waals surface area contributed by atoms with Crippen molar-refractivity contribution in [2.24, 2.45) is 5.92 Å². The molecule has 0 amide bonds. The zero-order valence-electron chi connectivity index (χ0n) is 6.97. The van der Waals surface area contributed by atoms with Crippen LogP contribution in [-0.4, -0.2) is 12.9 Å². The van der Waals surface area contributed by atoms with Crippen molar-refractivity contribution in [1.82, 2.24) is 0 Å². The molecule has 0 radical (unpaired) electrons. The van der Waals surface area contributed by atoms with E-state index >= 15 is 0 Å². The first-order valence-corrected chi connectivity index (χ1v) is 3.34. The molecule has 0 rings (SSSR count). The van der Waals surface area contributed by atoms with E-state index in [0.29, 0.717) is 5.76 Å². The summed E-state index contributed by atoms with van der Waals surface area (Å²) in [5, 5.41) is 0. The summed E-state index contributed by atoms with van der Waals surface area (Å²) >= 11 is 0. The molecule has 0 saturated carbocycles. The van der Waals surface area contributed by atoms with Crippen LogP contribution < -0.4 is 0 Å². The predicted octanol–water partition coefficient (Wildman–Crippen LogP) is 1.76. The fraction of sp³-hybridized carbons (Fsp3) is 0.625. The fourth-order valence-electron chi connectivity index (χ4n) is 0.426. The number of rotatable bonds is 3. The Kier molecular flexibility index (Phi) is 3.77. The highest BCUT2D eigenvalue weighted by atomic mass is 16.5. The minimum atomic E-state index is 0.0603. The van der Waals surface area contributed by atoms with Crippen molar-refractivity contribution >= 4 is 5.78 Å². The lowest BCUT2D eigenvalue weighted by atomic mass is 10.1. The Hall–Kier alpha value is -0.790. The third-order valence-electron chi connectivity index (χ3n) is 1.24. The fourth-order valence-corrected chi connectivity index (χ4v) is 0.426. The Morgan fingerprint density at radius 1 is 1.50 bits per heavy atom. The zero-order chi connectivity index (χ0) is 8.15. The lowest BCUT2D eigenvalue weighted by Crippen LogP contribution is -2.03. The highest BCUT2D eigenvalue weighted by molar-refractivity contribution is 5.91. The first-order valence-electron chi connectivity index (χ1n) is 3.34. The average Bonchev–Trinajstić information content (AvgIpc) is 1.87. The molecule has 0 aliphatic rings. The molecule has 0 aliphatic carbocycles. The molecule has 0 fully saturated rings. The van der Waals surface area contributed by atoms with Crippen molar-refractivity contribution in [3.63, 3.8) is 0 Å². The summed E-state index contributed by atoms with van der Waals surface area (Å²) in [5.41, 5.74) is 0. The maximum Gasteiger partial charge on any atom is 0.161 e. The van der Waals surface area contributed by atoms with Crippen molar-refractivity contribution in [3.8, 4) is 0 Å². The SMILES string of the molecule is CO/C(C)=C\C(=O)C(C)C. The van der Waals surface area contributed by atoms with Crippen molar-refractivity contribution in [3.05, 3.63) is 11.8 Å². The van der Waals surface area contributed by atoms with Gasteiger partial charge in [-0.15, -0.1) is 0 Å². The molecule has 0 aromatic heterocycles. The molecule has 0 aromatic rings. The molecular weight excluding hydrogens is 128 g/mol. The normalized spacial score (nSPS) is 11.9. The van der Waals surface area contributed by atoms with Gasteiger partial charge >= 0.3 is 0 Å². The molecule has 0 spiro atoms. The van der Waals surface area contributed by atoms with Crippen LogP contribution >= 0.6 is 0 Å². The van der Waals surface area contributed by atoms with E-state index in [9.17, 15) is 4.79 Å². The van der Waals surface area contributed by atoms with E-state index in [4.69, 9.17) is 4.74 Å². The summed E-state index contributed by atoms with van der Waals surface area (Å²) in [5.74, 6) is 0.836. The largest absolute Gasteiger partial charge is 0.501 e. The van der Waals surface area contributed by atoms with Crippen LogP contribution in [0.4, 0.5) is 0 Å². The summed E-state index contributed by atoms with van der Waals surface area (Å²) in [4.78, 5) is 11.0. The lowest BCUT2D eigenvalue weighted by Gasteiger charge is -2.00. The van der Waals surface area contributed by atoms with Crippen LogP contribution in [0.15, 0.2) is 11.8 Å². The first-order chi connectivity index (χ1) is 4.57. The van der Waals surface area contributed by atoms with Gasteiger partial charge in [-0.2, -0.15) is 0 Å². The molecule has 0 aromatic carbocycles. The van der Waals surface area contributed by atoms with Gasteiger partial charge in [-0.25, -0.2) is 0 Å². The molecule has 2 heteroatoms. The van der Waals surface area contributed by atoms with E-state index in [1.54, 1.807) is 14.0 Å². The number of carbonyl (C=O) groups excluding carboxylic acids is 1. The second-order valence-corrected chi connectivity index (χ2v) is 2.52. The second-order valence-electron chi connectivity index (χ2n) is 2.52. The van der Waals surface area contributed by atoms with E-state index < -0.39 is 0 Å². The summed E-state index contributed by atoms with van der Waals surface area (Å²) in [7, 11) is 1.56. The summed E-state index contributed by atoms with van der Waals surface area (Å²) in [6, 6.07) is 0. The van der Waals surface area contributed by atoms with Crippen molar-refractivity contribution in [1.29, 1.82) is 0 Å². The number of ether oxygens (including phenoxy) is 1. The monoisotopic (exact) mass is 142 g/mol. The van der Waals surface area contributed by atoms with Crippen LogP contribution in [0.5, 0.6) is 0 Å². The number of ketones is 1. The number of methoxy groups -OCH3 is 1. The van der Waals surface area contributed by atoms with Crippen molar-refractivity contribution in [2.45, 2.75) is 20.8 Å². The van der Waals surface area contributed by atoms with Gasteiger partial charge < -0.3 is 4.74 Å². The van der Waals surface area contributed by atoms with Gasteiger partial charge in [0.15, 0.2) is 5.78 Å². The van der Waals surface area contributed by atoms with Gasteiger partial charge in [0.1, 0.15) is 0 Å². The Morgan fingerprint density at radius 3 is 2.30 bits per heavy atom. The Balaban J connectivity index is 4.00. The van der Waals surface area contributed by atoms with Gasteiger partial charge in [0.2, 0.25) is 0 Å². The minimum absolute atomic E-state index is 0.0603.